The van der Waals surface area contributed by atoms with Gasteiger partial charge in [-0.15, -0.1) is 11.3 Å². The maximum atomic E-state index is 12.7. The molecule has 3 heterocycles. The van der Waals surface area contributed by atoms with E-state index in [0.717, 1.165) is 30.1 Å². The summed E-state index contributed by atoms with van der Waals surface area (Å²) in [5.74, 6) is 3.35. The summed E-state index contributed by atoms with van der Waals surface area (Å²) < 4.78 is 0. The first-order chi connectivity index (χ1) is 9.29. The number of carbonyl (C=O) groups is 1. The van der Waals surface area contributed by atoms with Crippen LogP contribution < -0.4 is 5.32 Å². The maximum absolute atomic E-state index is 12.7. The Labute approximate surface area is 122 Å². The van der Waals surface area contributed by atoms with Gasteiger partial charge in [-0.1, -0.05) is 0 Å². The van der Waals surface area contributed by atoms with E-state index in [4.69, 9.17) is 0 Å². The molecule has 0 aromatic carbocycles. The van der Waals surface area contributed by atoms with Crippen molar-refractivity contribution in [1.82, 2.24) is 15.2 Å². The van der Waals surface area contributed by atoms with Gasteiger partial charge in [0.2, 0.25) is 5.91 Å². The highest BCUT2D eigenvalue weighted by Gasteiger charge is 2.33. The van der Waals surface area contributed by atoms with Crippen molar-refractivity contribution in [2.24, 2.45) is 5.92 Å². The van der Waals surface area contributed by atoms with Crippen molar-refractivity contribution >= 4 is 29.0 Å². The fourth-order valence-corrected chi connectivity index (χ4v) is 5.03. The van der Waals surface area contributed by atoms with Crippen LogP contribution in [0.5, 0.6) is 0 Å². The summed E-state index contributed by atoms with van der Waals surface area (Å²) in [4.78, 5) is 20.2. The van der Waals surface area contributed by atoms with E-state index in [2.05, 4.69) is 10.3 Å². The summed E-state index contributed by atoms with van der Waals surface area (Å²) in [7, 11) is 1.86. The molecule has 1 aromatic rings. The normalized spacial score (nSPS) is 27.4. The zero-order chi connectivity index (χ0) is 13.2. The number of amides is 1. The van der Waals surface area contributed by atoms with Crippen molar-refractivity contribution in [2.45, 2.75) is 18.9 Å². The number of thiazole rings is 1. The third kappa shape index (κ3) is 2.66. The van der Waals surface area contributed by atoms with Crippen molar-refractivity contribution < 1.29 is 4.79 Å². The largest absolute Gasteiger partial charge is 0.340 e. The quantitative estimate of drug-likeness (QED) is 0.919. The number of hydrogen-bond acceptors (Lipinski definition) is 5. The molecule has 1 saturated heterocycles. The van der Waals surface area contributed by atoms with Crippen LogP contribution in [0.15, 0.2) is 5.51 Å². The first-order valence-corrected chi connectivity index (χ1v) is 8.79. The zero-order valence-electron chi connectivity index (χ0n) is 11.1. The molecule has 0 spiro atoms. The number of likely N-dealkylation sites (N-methyl/N-ethyl adjacent to an activating group) is 1. The lowest BCUT2D eigenvalue weighted by Crippen LogP contribution is -2.41. The molecule has 2 atom stereocenters. The fourth-order valence-electron chi connectivity index (χ4n) is 2.82. The molecule has 0 bridgehead atoms. The minimum atomic E-state index is -0.195. The molecule has 1 N–H and O–H groups in total. The van der Waals surface area contributed by atoms with Crippen LogP contribution in [0.25, 0.3) is 0 Å². The molecule has 3 rings (SSSR count). The Morgan fingerprint density at radius 2 is 2.47 bits per heavy atom. The van der Waals surface area contributed by atoms with E-state index in [1.165, 1.54) is 17.9 Å². The van der Waals surface area contributed by atoms with Gasteiger partial charge in [-0.3, -0.25) is 4.79 Å². The summed E-state index contributed by atoms with van der Waals surface area (Å²) in [6, 6.07) is -0.195. The topological polar surface area (TPSA) is 45.2 Å². The van der Waals surface area contributed by atoms with Crippen LogP contribution in [0.3, 0.4) is 0 Å². The number of nitrogens with zero attached hydrogens (tertiary/aromatic N) is 2. The molecule has 0 aliphatic carbocycles. The third-order valence-corrected chi connectivity index (χ3v) is 6.07. The predicted molar refractivity (Wildman–Crippen MR) is 79.6 cm³/mol. The number of rotatable bonds is 3. The molecule has 2 aliphatic rings. The second-order valence-electron chi connectivity index (χ2n) is 5.15. The van der Waals surface area contributed by atoms with E-state index >= 15 is 0 Å². The minimum Gasteiger partial charge on any atom is -0.340 e. The van der Waals surface area contributed by atoms with Gasteiger partial charge in [-0.2, -0.15) is 11.8 Å². The molecule has 2 unspecified atom stereocenters. The second kappa shape index (κ2) is 5.81. The van der Waals surface area contributed by atoms with E-state index in [0.29, 0.717) is 5.92 Å². The van der Waals surface area contributed by atoms with Crippen molar-refractivity contribution in [3.8, 4) is 0 Å². The van der Waals surface area contributed by atoms with Crippen molar-refractivity contribution in [3.63, 3.8) is 0 Å². The average molecular weight is 297 g/mol. The molecule has 19 heavy (non-hydrogen) atoms. The summed E-state index contributed by atoms with van der Waals surface area (Å²) in [6.07, 6.45) is 2.14. The number of carbonyl (C=O) groups excluding carboxylic acids is 1. The molecule has 0 saturated carbocycles. The smallest absolute Gasteiger partial charge is 0.245 e. The first-order valence-electron chi connectivity index (χ1n) is 6.75. The van der Waals surface area contributed by atoms with Crippen molar-refractivity contribution in [1.29, 1.82) is 0 Å². The van der Waals surface area contributed by atoms with Crippen LogP contribution in [0.2, 0.25) is 0 Å². The zero-order valence-corrected chi connectivity index (χ0v) is 12.7. The van der Waals surface area contributed by atoms with Gasteiger partial charge in [-0.05, 0) is 30.9 Å². The highest BCUT2D eigenvalue weighted by atomic mass is 32.2. The Morgan fingerprint density at radius 3 is 3.21 bits per heavy atom. The van der Waals surface area contributed by atoms with E-state index in [1.54, 1.807) is 11.3 Å². The molecule has 4 nitrogen and oxygen atoms in total. The molecule has 1 aromatic heterocycles. The summed E-state index contributed by atoms with van der Waals surface area (Å²) >= 11 is 3.60. The molecule has 1 fully saturated rings. The number of aromatic nitrogens is 1. The Morgan fingerprint density at radius 1 is 1.58 bits per heavy atom. The standard InChI is InChI=1S/C13H19N3OS2/c1-14-11-12-10(15-8-19-12)2-4-16(13(11)17)6-9-3-5-18-7-9/h8-9,11,14H,2-7H2,1H3. The van der Waals surface area contributed by atoms with Gasteiger partial charge in [0.15, 0.2) is 0 Å². The highest BCUT2D eigenvalue weighted by molar-refractivity contribution is 7.99. The van der Waals surface area contributed by atoms with E-state index in [-0.39, 0.29) is 11.9 Å². The third-order valence-electron chi connectivity index (χ3n) is 3.90. The van der Waals surface area contributed by atoms with Crippen LogP contribution in [0, 0.1) is 5.92 Å². The number of thioether (sulfide) groups is 1. The van der Waals surface area contributed by atoms with Crippen LogP contribution in [-0.2, 0) is 11.2 Å². The molecule has 6 heteroatoms. The number of nitrogens with one attached hydrogen (secondary N) is 1. The monoisotopic (exact) mass is 297 g/mol. The summed E-state index contributed by atoms with van der Waals surface area (Å²) in [5, 5.41) is 3.16. The fraction of sp³-hybridized carbons (Fsp3) is 0.692. The molecule has 104 valence electrons. The number of fused-ring (bicyclic) bond motifs is 1. The van der Waals surface area contributed by atoms with Crippen LogP contribution >= 0.6 is 23.1 Å². The van der Waals surface area contributed by atoms with Gasteiger partial charge in [0.1, 0.15) is 6.04 Å². The Bertz CT molecular complexity index is 456. The Hall–Kier alpha value is -0.590. The van der Waals surface area contributed by atoms with E-state index in [9.17, 15) is 4.79 Å². The highest BCUT2D eigenvalue weighted by Crippen LogP contribution is 2.30. The Kier molecular flexibility index (Phi) is 4.10. The number of hydrogen-bond donors (Lipinski definition) is 1. The minimum absolute atomic E-state index is 0.195. The lowest BCUT2D eigenvalue weighted by Gasteiger charge is -2.26. The maximum Gasteiger partial charge on any atom is 0.245 e. The van der Waals surface area contributed by atoms with Gasteiger partial charge in [0, 0.05) is 19.5 Å². The summed E-state index contributed by atoms with van der Waals surface area (Å²) in [5.41, 5.74) is 2.95. The van der Waals surface area contributed by atoms with Crippen LogP contribution in [0.4, 0.5) is 0 Å². The van der Waals surface area contributed by atoms with Crippen LogP contribution in [-0.4, -0.2) is 47.4 Å². The van der Waals surface area contributed by atoms with Gasteiger partial charge < -0.3 is 10.2 Å². The summed E-state index contributed by atoms with van der Waals surface area (Å²) in [6.45, 7) is 1.73. The first kappa shape index (κ1) is 13.4. The van der Waals surface area contributed by atoms with E-state index in [1.807, 2.05) is 29.2 Å². The van der Waals surface area contributed by atoms with Gasteiger partial charge in [0.05, 0.1) is 16.1 Å². The SMILES string of the molecule is CNC1C(=O)N(CC2CCSC2)CCc2ncsc21. The second-order valence-corrected chi connectivity index (χ2v) is 7.19. The lowest BCUT2D eigenvalue weighted by atomic mass is 10.1. The Balaban J connectivity index is 1.77. The molecule has 1 amide bonds. The molecular formula is C13H19N3OS2. The van der Waals surface area contributed by atoms with Crippen molar-refractivity contribution in [3.05, 3.63) is 16.1 Å². The molecular weight excluding hydrogens is 278 g/mol. The predicted octanol–water partition coefficient (Wildman–Crippen LogP) is 1.54. The van der Waals surface area contributed by atoms with Gasteiger partial charge in [0.25, 0.3) is 0 Å². The van der Waals surface area contributed by atoms with E-state index < -0.39 is 0 Å². The molecule has 0 radical (unpaired) electrons. The van der Waals surface area contributed by atoms with Crippen LogP contribution in [0.1, 0.15) is 23.0 Å². The van der Waals surface area contributed by atoms with Crippen molar-refractivity contribution in [2.75, 3.05) is 31.6 Å². The molecule has 2 aliphatic heterocycles. The lowest BCUT2D eigenvalue weighted by molar-refractivity contribution is -0.133. The average Bonchev–Trinajstić information content (AvgIpc) is 3.04. The van der Waals surface area contributed by atoms with Gasteiger partial charge >= 0.3 is 0 Å². The van der Waals surface area contributed by atoms with Gasteiger partial charge in [-0.25, -0.2) is 4.98 Å².